The molecule has 1 aromatic heterocycles. The third kappa shape index (κ3) is 2.31. The molecule has 1 aromatic rings. The van der Waals surface area contributed by atoms with Crippen molar-refractivity contribution in [1.82, 2.24) is 9.97 Å². The zero-order valence-corrected chi connectivity index (χ0v) is 11.9. The second-order valence-corrected chi connectivity index (χ2v) is 5.74. The van der Waals surface area contributed by atoms with Crippen molar-refractivity contribution in [3.05, 3.63) is 26.3 Å². The van der Waals surface area contributed by atoms with Crippen molar-refractivity contribution in [3.8, 4) is 0 Å². The highest BCUT2D eigenvalue weighted by atomic mass is 79.9. The fourth-order valence-electron chi connectivity index (χ4n) is 2.08. The molecular formula is C12H17BrN2O2. The molecule has 0 aromatic carbocycles. The summed E-state index contributed by atoms with van der Waals surface area (Å²) in [6, 6.07) is 0. The van der Waals surface area contributed by atoms with Gasteiger partial charge in [0.15, 0.2) is 0 Å². The summed E-state index contributed by atoms with van der Waals surface area (Å²) in [5.41, 5.74) is 0.222. The molecule has 17 heavy (non-hydrogen) atoms. The van der Waals surface area contributed by atoms with Crippen molar-refractivity contribution in [2.45, 2.75) is 45.1 Å². The highest BCUT2D eigenvalue weighted by Crippen LogP contribution is 2.34. The van der Waals surface area contributed by atoms with Crippen molar-refractivity contribution in [2.75, 3.05) is 6.61 Å². The lowest BCUT2D eigenvalue weighted by molar-refractivity contribution is 0.00887. The van der Waals surface area contributed by atoms with Crippen LogP contribution in [-0.4, -0.2) is 16.6 Å². The van der Waals surface area contributed by atoms with Crippen LogP contribution >= 0.6 is 15.9 Å². The van der Waals surface area contributed by atoms with Crippen LogP contribution < -0.4 is 5.56 Å². The minimum atomic E-state index is -0.441. The molecule has 1 N–H and O–H groups in total. The van der Waals surface area contributed by atoms with E-state index in [1.54, 1.807) is 0 Å². The van der Waals surface area contributed by atoms with Gasteiger partial charge in [0.1, 0.15) is 15.9 Å². The predicted octanol–water partition coefficient (Wildman–Crippen LogP) is 2.68. The van der Waals surface area contributed by atoms with Gasteiger partial charge in [-0.2, -0.15) is 0 Å². The fourth-order valence-corrected chi connectivity index (χ4v) is 2.72. The largest absolute Gasteiger partial charge is 0.367 e. The first-order valence-electron chi connectivity index (χ1n) is 5.88. The molecule has 94 valence electrons. The Kier molecular flexibility index (Phi) is 3.41. The molecule has 1 fully saturated rings. The van der Waals surface area contributed by atoms with Crippen LogP contribution in [0.5, 0.6) is 0 Å². The Hall–Kier alpha value is -0.680. The van der Waals surface area contributed by atoms with Crippen LogP contribution in [0.1, 0.15) is 51.0 Å². The first kappa shape index (κ1) is 12.8. The standard InChI is InChI=1S/C12H17BrN2O2/c1-7(2)9-8(13)10(16)15-11(14-9)12(3)5-4-6-17-12/h7H,4-6H2,1-3H3,(H,14,15,16). The normalized spacial score (nSPS) is 24.5. The van der Waals surface area contributed by atoms with Crippen LogP contribution in [0.15, 0.2) is 9.27 Å². The SMILES string of the molecule is CC(C)c1nc(C2(C)CCCO2)[nH]c(=O)c1Br. The average molecular weight is 301 g/mol. The first-order chi connectivity index (χ1) is 7.94. The lowest BCUT2D eigenvalue weighted by Crippen LogP contribution is -2.28. The summed E-state index contributed by atoms with van der Waals surface area (Å²) in [5, 5.41) is 0. The highest BCUT2D eigenvalue weighted by molar-refractivity contribution is 9.10. The number of aromatic nitrogens is 2. The predicted molar refractivity (Wildman–Crippen MR) is 69.2 cm³/mol. The molecule has 0 radical (unpaired) electrons. The van der Waals surface area contributed by atoms with E-state index < -0.39 is 5.60 Å². The maximum Gasteiger partial charge on any atom is 0.265 e. The summed E-state index contributed by atoms with van der Waals surface area (Å²) in [6.07, 6.45) is 1.91. The van der Waals surface area contributed by atoms with Gasteiger partial charge in [-0.25, -0.2) is 4.98 Å². The Labute approximate surface area is 109 Å². The molecule has 2 rings (SSSR count). The maximum atomic E-state index is 11.9. The number of aromatic amines is 1. The number of ether oxygens (including phenoxy) is 1. The third-order valence-corrected chi connectivity index (χ3v) is 3.92. The fraction of sp³-hybridized carbons (Fsp3) is 0.667. The molecular weight excluding hydrogens is 284 g/mol. The smallest absolute Gasteiger partial charge is 0.265 e. The monoisotopic (exact) mass is 300 g/mol. The molecule has 0 saturated carbocycles. The van der Waals surface area contributed by atoms with Crippen LogP contribution in [0.4, 0.5) is 0 Å². The third-order valence-electron chi connectivity index (χ3n) is 3.16. The van der Waals surface area contributed by atoms with Crippen LogP contribution in [0.3, 0.4) is 0 Å². The molecule has 0 aliphatic carbocycles. The second-order valence-electron chi connectivity index (χ2n) is 4.95. The minimum absolute atomic E-state index is 0.129. The molecule has 4 nitrogen and oxygen atoms in total. The van der Waals surface area contributed by atoms with Gasteiger partial charge < -0.3 is 9.72 Å². The Bertz CT molecular complexity index is 476. The number of hydrogen-bond acceptors (Lipinski definition) is 3. The molecule has 1 aliphatic heterocycles. The van der Waals surface area contributed by atoms with Crippen molar-refractivity contribution < 1.29 is 4.74 Å². The summed E-state index contributed by atoms with van der Waals surface area (Å²) >= 11 is 3.29. The molecule has 0 spiro atoms. The number of nitrogens with zero attached hydrogens (tertiary/aromatic N) is 1. The van der Waals surface area contributed by atoms with E-state index in [4.69, 9.17) is 4.74 Å². The molecule has 1 saturated heterocycles. The summed E-state index contributed by atoms with van der Waals surface area (Å²) in [7, 11) is 0. The zero-order chi connectivity index (χ0) is 12.6. The number of halogens is 1. The molecule has 1 unspecified atom stereocenters. The molecule has 0 amide bonds. The molecule has 0 bridgehead atoms. The van der Waals surface area contributed by atoms with E-state index in [1.807, 2.05) is 20.8 Å². The molecule has 1 atom stereocenters. The average Bonchev–Trinajstić information content (AvgIpc) is 2.69. The molecule has 2 heterocycles. The second kappa shape index (κ2) is 4.53. The van der Waals surface area contributed by atoms with Gasteiger partial charge in [0, 0.05) is 6.61 Å². The Morgan fingerprint density at radius 3 is 2.76 bits per heavy atom. The lowest BCUT2D eigenvalue weighted by atomic mass is 10.0. The summed E-state index contributed by atoms with van der Waals surface area (Å²) < 4.78 is 6.23. The molecule has 1 aliphatic rings. The Morgan fingerprint density at radius 2 is 2.24 bits per heavy atom. The van der Waals surface area contributed by atoms with Gasteiger partial charge in [-0.3, -0.25) is 4.79 Å². The Balaban J connectivity index is 2.53. The van der Waals surface area contributed by atoms with E-state index in [2.05, 4.69) is 25.9 Å². The van der Waals surface area contributed by atoms with E-state index in [-0.39, 0.29) is 11.5 Å². The van der Waals surface area contributed by atoms with Crippen LogP contribution in [-0.2, 0) is 10.3 Å². The number of hydrogen-bond donors (Lipinski definition) is 1. The van der Waals surface area contributed by atoms with Crippen LogP contribution in [0, 0.1) is 0 Å². The van der Waals surface area contributed by atoms with Crippen LogP contribution in [0.25, 0.3) is 0 Å². The van der Waals surface area contributed by atoms with Gasteiger partial charge >= 0.3 is 0 Å². The van der Waals surface area contributed by atoms with Gasteiger partial charge in [-0.15, -0.1) is 0 Å². The lowest BCUT2D eigenvalue weighted by Gasteiger charge is -2.23. The van der Waals surface area contributed by atoms with Gasteiger partial charge in [0.05, 0.1) is 5.69 Å². The van der Waals surface area contributed by atoms with E-state index in [9.17, 15) is 4.79 Å². The van der Waals surface area contributed by atoms with Crippen molar-refractivity contribution in [2.24, 2.45) is 0 Å². The topological polar surface area (TPSA) is 55.0 Å². The molecule has 5 heteroatoms. The van der Waals surface area contributed by atoms with Gasteiger partial charge in [-0.1, -0.05) is 13.8 Å². The summed E-state index contributed by atoms with van der Waals surface area (Å²) in [6.45, 7) is 6.76. The number of nitrogens with one attached hydrogen (secondary N) is 1. The van der Waals surface area contributed by atoms with Crippen molar-refractivity contribution in [1.29, 1.82) is 0 Å². The quantitative estimate of drug-likeness (QED) is 0.913. The maximum absolute atomic E-state index is 11.9. The number of H-pyrrole nitrogens is 1. The van der Waals surface area contributed by atoms with E-state index >= 15 is 0 Å². The first-order valence-corrected chi connectivity index (χ1v) is 6.67. The van der Waals surface area contributed by atoms with Gasteiger partial charge in [0.25, 0.3) is 5.56 Å². The van der Waals surface area contributed by atoms with E-state index in [1.165, 1.54) is 0 Å². The van der Waals surface area contributed by atoms with E-state index in [0.29, 0.717) is 10.3 Å². The van der Waals surface area contributed by atoms with Crippen molar-refractivity contribution >= 4 is 15.9 Å². The van der Waals surface area contributed by atoms with Gasteiger partial charge in [-0.05, 0) is 41.6 Å². The Morgan fingerprint density at radius 1 is 1.53 bits per heavy atom. The highest BCUT2D eigenvalue weighted by Gasteiger charge is 2.35. The summed E-state index contributed by atoms with van der Waals surface area (Å²) in [5.74, 6) is 0.849. The van der Waals surface area contributed by atoms with Gasteiger partial charge in [0.2, 0.25) is 0 Å². The number of rotatable bonds is 2. The zero-order valence-electron chi connectivity index (χ0n) is 10.3. The van der Waals surface area contributed by atoms with Crippen molar-refractivity contribution in [3.63, 3.8) is 0 Å². The van der Waals surface area contributed by atoms with E-state index in [0.717, 1.165) is 25.1 Å². The summed E-state index contributed by atoms with van der Waals surface area (Å²) in [4.78, 5) is 19.2. The minimum Gasteiger partial charge on any atom is -0.367 e. The van der Waals surface area contributed by atoms with Crippen LogP contribution in [0.2, 0.25) is 0 Å².